The third kappa shape index (κ3) is 3.07. The lowest BCUT2D eigenvalue weighted by molar-refractivity contribution is -0.129. The first-order valence-electron chi connectivity index (χ1n) is 10.7. The van der Waals surface area contributed by atoms with Crippen LogP contribution in [0.2, 0.25) is 0 Å². The van der Waals surface area contributed by atoms with E-state index < -0.39 is 5.66 Å². The molecule has 0 unspecified atom stereocenters. The Labute approximate surface area is 186 Å². The van der Waals surface area contributed by atoms with Gasteiger partial charge in [-0.05, 0) is 36.8 Å². The number of para-hydroxylation sites is 1. The summed E-state index contributed by atoms with van der Waals surface area (Å²) in [5.74, 6) is -0.803. The number of rotatable bonds is 4. The molecule has 2 aliphatic rings. The molecule has 0 aromatic heterocycles. The molecule has 1 N–H and O–H groups in total. The number of nitrogens with zero attached hydrogens (tertiary/aromatic N) is 2. The summed E-state index contributed by atoms with van der Waals surface area (Å²) in [4.78, 5) is 43.7. The van der Waals surface area contributed by atoms with Gasteiger partial charge in [0.2, 0.25) is 11.6 Å². The fourth-order valence-electron chi connectivity index (χ4n) is 4.64. The number of hydrogen-bond acceptors (Lipinski definition) is 3. The van der Waals surface area contributed by atoms with Crippen LogP contribution in [-0.2, 0) is 16.1 Å². The van der Waals surface area contributed by atoms with Gasteiger partial charge >= 0.3 is 0 Å². The fraction of sp³-hybridized carbons (Fsp3) is 0.192. The van der Waals surface area contributed by atoms with E-state index in [2.05, 4.69) is 5.32 Å². The Bertz CT molecular complexity index is 1210. The zero-order valence-electron chi connectivity index (χ0n) is 17.7. The molecule has 3 aromatic carbocycles. The highest BCUT2D eigenvalue weighted by atomic mass is 16.2. The molecule has 1 fully saturated rings. The van der Waals surface area contributed by atoms with Crippen molar-refractivity contribution in [2.75, 3.05) is 10.2 Å². The van der Waals surface area contributed by atoms with Crippen LogP contribution in [0.4, 0.5) is 11.4 Å². The lowest BCUT2D eigenvalue weighted by Crippen LogP contribution is -2.69. The van der Waals surface area contributed by atoms with Crippen LogP contribution < -0.4 is 10.2 Å². The van der Waals surface area contributed by atoms with Gasteiger partial charge in [-0.25, -0.2) is 0 Å². The van der Waals surface area contributed by atoms with Crippen LogP contribution in [0.3, 0.4) is 0 Å². The molecule has 3 aromatic rings. The average molecular weight is 425 g/mol. The molecule has 3 amide bonds. The van der Waals surface area contributed by atoms with E-state index in [1.165, 1.54) is 4.90 Å². The lowest BCUT2D eigenvalue weighted by atomic mass is 9.94. The third-order valence-corrected chi connectivity index (χ3v) is 6.23. The van der Waals surface area contributed by atoms with E-state index >= 15 is 0 Å². The molecule has 0 radical (unpaired) electrons. The van der Waals surface area contributed by atoms with Gasteiger partial charge in [0, 0.05) is 25.1 Å². The summed E-state index contributed by atoms with van der Waals surface area (Å²) in [5, 5.41) is 2.96. The molecule has 5 rings (SSSR count). The van der Waals surface area contributed by atoms with E-state index in [1.54, 1.807) is 29.2 Å². The Hall–Kier alpha value is -3.93. The summed E-state index contributed by atoms with van der Waals surface area (Å²) < 4.78 is 0. The summed E-state index contributed by atoms with van der Waals surface area (Å²) in [7, 11) is 0. The van der Waals surface area contributed by atoms with Crippen molar-refractivity contribution < 1.29 is 14.4 Å². The molecular weight excluding hydrogens is 402 g/mol. The van der Waals surface area contributed by atoms with Gasteiger partial charge < -0.3 is 10.2 Å². The zero-order chi connectivity index (χ0) is 22.3. The van der Waals surface area contributed by atoms with E-state index in [0.717, 1.165) is 11.1 Å². The zero-order valence-corrected chi connectivity index (χ0v) is 17.7. The van der Waals surface area contributed by atoms with Crippen molar-refractivity contribution in [2.24, 2.45) is 0 Å². The Morgan fingerprint density at radius 1 is 0.938 bits per heavy atom. The molecule has 6 heteroatoms. The maximum atomic E-state index is 13.9. The van der Waals surface area contributed by atoms with Crippen LogP contribution in [0.1, 0.15) is 34.3 Å². The second kappa shape index (κ2) is 7.64. The van der Waals surface area contributed by atoms with Crippen molar-refractivity contribution in [3.8, 4) is 0 Å². The van der Waals surface area contributed by atoms with Crippen LogP contribution in [0.25, 0.3) is 0 Å². The van der Waals surface area contributed by atoms with Crippen LogP contribution in [0.15, 0.2) is 78.9 Å². The van der Waals surface area contributed by atoms with Crippen molar-refractivity contribution in [2.45, 2.75) is 32.0 Å². The summed E-state index contributed by atoms with van der Waals surface area (Å²) in [6, 6.07) is 24.0. The molecule has 160 valence electrons. The average Bonchev–Trinajstić information content (AvgIpc) is 3.17. The van der Waals surface area contributed by atoms with Crippen LogP contribution in [0.5, 0.6) is 0 Å². The number of benzene rings is 3. The minimum absolute atomic E-state index is 0.165. The number of nitrogens with one attached hydrogen (secondary N) is 1. The van der Waals surface area contributed by atoms with E-state index in [1.807, 2.05) is 61.5 Å². The fourth-order valence-corrected chi connectivity index (χ4v) is 4.64. The maximum absolute atomic E-state index is 13.9. The van der Waals surface area contributed by atoms with Gasteiger partial charge in [-0.1, -0.05) is 60.2 Å². The van der Waals surface area contributed by atoms with Crippen molar-refractivity contribution >= 4 is 29.1 Å². The van der Waals surface area contributed by atoms with Gasteiger partial charge in [0.1, 0.15) is 0 Å². The van der Waals surface area contributed by atoms with Gasteiger partial charge in [-0.3, -0.25) is 19.3 Å². The van der Waals surface area contributed by atoms with Crippen molar-refractivity contribution in [1.82, 2.24) is 4.90 Å². The number of hydrogen-bond donors (Lipinski definition) is 1. The van der Waals surface area contributed by atoms with Gasteiger partial charge in [0.05, 0.1) is 11.3 Å². The first kappa shape index (κ1) is 20.0. The second-order valence-corrected chi connectivity index (χ2v) is 8.26. The van der Waals surface area contributed by atoms with Crippen molar-refractivity contribution in [1.29, 1.82) is 0 Å². The molecule has 1 atom stereocenters. The van der Waals surface area contributed by atoms with Crippen LogP contribution >= 0.6 is 0 Å². The molecule has 0 spiro atoms. The molecular formula is C26H23N3O3. The largest absolute Gasteiger partial charge is 0.322 e. The van der Waals surface area contributed by atoms with E-state index in [9.17, 15) is 14.4 Å². The third-order valence-electron chi connectivity index (χ3n) is 6.23. The molecule has 6 nitrogen and oxygen atoms in total. The molecule has 2 heterocycles. The molecule has 2 aliphatic heterocycles. The van der Waals surface area contributed by atoms with Gasteiger partial charge in [0.25, 0.3) is 11.8 Å². The minimum Gasteiger partial charge on any atom is -0.322 e. The minimum atomic E-state index is -1.43. The topological polar surface area (TPSA) is 69.7 Å². The summed E-state index contributed by atoms with van der Waals surface area (Å²) in [5.41, 5.74) is 2.08. The Balaban J connectivity index is 1.64. The summed E-state index contributed by atoms with van der Waals surface area (Å²) in [6.07, 6.45) is 0.421. The maximum Gasteiger partial charge on any atom is 0.271 e. The summed E-state index contributed by atoms with van der Waals surface area (Å²) in [6.45, 7) is 2.19. The lowest BCUT2D eigenvalue weighted by Gasteiger charge is -2.49. The van der Waals surface area contributed by atoms with E-state index in [-0.39, 0.29) is 37.1 Å². The van der Waals surface area contributed by atoms with Gasteiger partial charge in [0.15, 0.2) is 0 Å². The smallest absolute Gasteiger partial charge is 0.271 e. The predicted octanol–water partition coefficient (Wildman–Crippen LogP) is 4.11. The normalized spacial score (nSPS) is 19.5. The molecule has 1 saturated heterocycles. The van der Waals surface area contributed by atoms with E-state index in [4.69, 9.17) is 0 Å². The highest BCUT2D eigenvalue weighted by molar-refractivity contribution is 6.18. The first-order valence-corrected chi connectivity index (χ1v) is 10.7. The monoisotopic (exact) mass is 425 g/mol. The SMILES string of the molecule is Cc1ccc(NC(=O)[C@]23CCC(=O)N2c2ccccc2C(=O)N3Cc2ccccc2)cc1. The number of aryl methyl sites for hydroxylation is 1. The molecule has 0 aliphatic carbocycles. The molecule has 32 heavy (non-hydrogen) atoms. The Morgan fingerprint density at radius 2 is 1.62 bits per heavy atom. The Kier molecular flexibility index (Phi) is 4.78. The highest BCUT2D eigenvalue weighted by Gasteiger charge is 2.60. The number of carbonyl (C=O) groups excluding carboxylic acids is 3. The highest BCUT2D eigenvalue weighted by Crippen LogP contribution is 2.45. The number of amides is 3. The predicted molar refractivity (Wildman–Crippen MR) is 122 cm³/mol. The van der Waals surface area contributed by atoms with Crippen molar-refractivity contribution in [3.05, 3.63) is 95.6 Å². The van der Waals surface area contributed by atoms with Crippen molar-refractivity contribution in [3.63, 3.8) is 0 Å². The second-order valence-electron chi connectivity index (χ2n) is 8.26. The Morgan fingerprint density at radius 3 is 2.38 bits per heavy atom. The number of carbonyl (C=O) groups is 3. The van der Waals surface area contributed by atoms with Gasteiger partial charge in [-0.15, -0.1) is 0 Å². The summed E-state index contributed by atoms with van der Waals surface area (Å²) >= 11 is 0. The van der Waals surface area contributed by atoms with Crippen LogP contribution in [0, 0.1) is 6.92 Å². The molecule has 0 bridgehead atoms. The molecule has 0 saturated carbocycles. The van der Waals surface area contributed by atoms with E-state index in [0.29, 0.717) is 16.9 Å². The quantitative estimate of drug-likeness (QED) is 0.684. The standard InChI is InChI=1S/C26H23N3O3/c1-18-11-13-20(14-12-18)27-25(32)26-16-15-23(30)29(26)22-10-6-5-9-21(22)24(31)28(26)17-19-7-3-2-4-8-19/h2-14H,15-17H2,1H3,(H,27,32)/t26-/m0/s1. The number of fused-ring (bicyclic) bond motifs is 3. The van der Waals surface area contributed by atoms with Crippen LogP contribution in [-0.4, -0.2) is 28.3 Å². The number of anilines is 2. The first-order chi connectivity index (χ1) is 15.5. The van der Waals surface area contributed by atoms with Gasteiger partial charge in [-0.2, -0.15) is 0 Å².